The molecule has 76 valence electrons. The fraction of sp³-hybridized carbons (Fsp3) is 0.0769. The van der Waals surface area contributed by atoms with Crippen molar-refractivity contribution in [3.63, 3.8) is 0 Å². The van der Waals surface area contributed by atoms with Crippen LogP contribution in [0.5, 0.6) is 0 Å². The summed E-state index contributed by atoms with van der Waals surface area (Å²) in [5, 5.41) is 0. The van der Waals surface area contributed by atoms with E-state index in [0.29, 0.717) is 0 Å². The molecule has 2 rings (SSSR count). The topological polar surface area (TPSA) is 26.0 Å². The maximum absolute atomic E-state index is 5.73. The number of aryl methyl sites for hydroxylation is 1. The quantitative estimate of drug-likeness (QED) is 0.772. The van der Waals surface area contributed by atoms with Crippen molar-refractivity contribution in [2.24, 2.45) is 0 Å². The minimum Gasteiger partial charge on any atom is -0.399 e. The predicted molar refractivity (Wildman–Crippen MR) is 66.2 cm³/mol. The summed E-state index contributed by atoms with van der Waals surface area (Å²) < 4.78 is 0. The standard InChI is InChI=1S/C13H13NS/c1-10-4-2-6-12(8-10)15-13-7-3-5-11(14)9-13/h2-9H,14H2,1H3. The zero-order chi connectivity index (χ0) is 10.7. The molecule has 0 aromatic heterocycles. The Hall–Kier alpha value is -1.41. The van der Waals surface area contributed by atoms with Gasteiger partial charge in [-0.25, -0.2) is 0 Å². The van der Waals surface area contributed by atoms with Crippen LogP contribution in [-0.4, -0.2) is 0 Å². The smallest absolute Gasteiger partial charge is 0.0325 e. The zero-order valence-corrected chi connectivity index (χ0v) is 9.42. The molecule has 0 unspecified atom stereocenters. The normalized spacial score (nSPS) is 10.2. The number of hydrogen-bond donors (Lipinski definition) is 1. The molecule has 0 bridgehead atoms. The molecular formula is C13H13NS. The van der Waals surface area contributed by atoms with Gasteiger partial charge in [0.15, 0.2) is 0 Å². The highest BCUT2D eigenvalue weighted by Gasteiger charge is 1.97. The Balaban J connectivity index is 2.22. The Morgan fingerprint density at radius 2 is 1.60 bits per heavy atom. The van der Waals surface area contributed by atoms with E-state index in [2.05, 4.69) is 37.3 Å². The van der Waals surface area contributed by atoms with Gasteiger partial charge in [0.2, 0.25) is 0 Å². The molecule has 0 saturated heterocycles. The van der Waals surface area contributed by atoms with Gasteiger partial charge in [0.1, 0.15) is 0 Å². The van der Waals surface area contributed by atoms with Gasteiger partial charge in [-0.05, 0) is 37.3 Å². The molecule has 2 heteroatoms. The zero-order valence-electron chi connectivity index (χ0n) is 8.60. The van der Waals surface area contributed by atoms with Crippen molar-refractivity contribution in [2.45, 2.75) is 16.7 Å². The van der Waals surface area contributed by atoms with Gasteiger partial charge in [0.05, 0.1) is 0 Å². The third-order valence-corrected chi connectivity index (χ3v) is 3.06. The number of hydrogen-bond acceptors (Lipinski definition) is 2. The molecule has 0 aliphatic rings. The Bertz CT molecular complexity index is 422. The molecule has 0 fully saturated rings. The summed E-state index contributed by atoms with van der Waals surface area (Å²) in [6.07, 6.45) is 0. The van der Waals surface area contributed by atoms with Crippen LogP contribution < -0.4 is 5.73 Å². The van der Waals surface area contributed by atoms with E-state index in [0.717, 1.165) is 5.69 Å². The SMILES string of the molecule is Cc1cccc(Sc2cccc(N)c2)c1. The van der Waals surface area contributed by atoms with E-state index in [9.17, 15) is 0 Å². The second-order valence-corrected chi connectivity index (χ2v) is 4.64. The largest absolute Gasteiger partial charge is 0.399 e. The number of nitrogens with two attached hydrogens (primary N) is 1. The molecule has 2 N–H and O–H groups in total. The second kappa shape index (κ2) is 4.41. The molecular weight excluding hydrogens is 202 g/mol. The lowest BCUT2D eigenvalue weighted by molar-refractivity contribution is 1.35. The summed E-state index contributed by atoms with van der Waals surface area (Å²) in [5.41, 5.74) is 7.82. The second-order valence-electron chi connectivity index (χ2n) is 3.49. The minimum absolute atomic E-state index is 0.813. The molecule has 0 saturated carbocycles. The lowest BCUT2D eigenvalue weighted by Crippen LogP contribution is -1.83. The fourth-order valence-corrected chi connectivity index (χ4v) is 2.40. The Morgan fingerprint density at radius 3 is 2.27 bits per heavy atom. The van der Waals surface area contributed by atoms with E-state index in [1.807, 2.05) is 18.2 Å². The number of nitrogen functional groups attached to an aromatic ring is 1. The van der Waals surface area contributed by atoms with Crippen molar-refractivity contribution in [3.8, 4) is 0 Å². The van der Waals surface area contributed by atoms with Gasteiger partial charge < -0.3 is 5.73 Å². The summed E-state index contributed by atoms with van der Waals surface area (Å²) in [6, 6.07) is 16.4. The number of rotatable bonds is 2. The van der Waals surface area contributed by atoms with Crippen LogP contribution in [0.15, 0.2) is 58.3 Å². The average Bonchev–Trinajstić information content (AvgIpc) is 2.17. The van der Waals surface area contributed by atoms with E-state index in [4.69, 9.17) is 5.73 Å². The van der Waals surface area contributed by atoms with E-state index in [-0.39, 0.29) is 0 Å². The van der Waals surface area contributed by atoms with Crippen LogP contribution >= 0.6 is 11.8 Å². The Labute approximate surface area is 94.3 Å². The molecule has 1 nitrogen and oxygen atoms in total. The number of anilines is 1. The highest BCUT2D eigenvalue weighted by molar-refractivity contribution is 7.99. The Kier molecular flexibility index (Phi) is 2.97. The van der Waals surface area contributed by atoms with Gasteiger partial charge in [0, 0.05) is 15.5 Å². The van der Waals surface area contributed by atoms with Crippen molar-refractivity contribution in [2.75, 3.05) is 5.73 Å². The van der Waals surface area contributed by atoms with Crippen LogP contribution in [0, 0.1) is 6.92 Å². The van der Waals surface area contributed by atoms with Crippen molar-refractivity contribution in [1.82, 2.24) is 0 Å². The summed E-state index contributed by atoms with van der Waals surface area (Å²) >= 11 is 1.74. The summed E-state index contributed by atoms with van der Waals surface area (Å²) in [4.78, 5) is 2.43. The molecule has 0 spiro atoms. The molecule has 0 atom stereocenters. The highest BCUT2D eigenvalue weighted by Crippen LogP contribution is 2.28. The van der Waals surface area contributed by atoms with Gasteiger partial charge in [-0.2, -0.15) is 0 Å². The minimum atomic E-state index is 0.813. The van der Waals surface area contributed by atoms with Crippen LogP contribution in [0.25, 0.3) is 0 Å². The maximum Gasteiger partial charge on any atom is 0.0325 e. The molecule has 2 aromatic carbocycles. The number of benzene rings is 2. The van der Waals surface area contributed by atoms with Crippen molar-refractivity contribution < 1.29 is 0 Å². The fourth-order valence-electron chi connectivity index (χ4n) is 1.39. The van der Waals surface area contributed by atoms with Crippen molar-refractivity contribution >= 4 is 17.4 Å². The van der Waals surface area contributed by atoms with Crippen molar-refractivity contribution in [1.29, 1.82) is 0 Å². The van der Waals surface area contributed by atoms with Gasteiger partial charge >= 0.3 is 0 Å². The van der Waals surface area contributed by atoms with Crippen LogP contribution in [0.4, 0.5) is 5.69 Å². The maximum atomic E-state index is 5.73. The van der Waals surface area contributed by atoms with Gasteiger partial charge in [0.25, 0.3) is 0 Å². The van der Waals surface area contributed by atoms with Crippen LogP contribution in [-0.2, 0) is 0 Å². The third-order valence-electron chi connectivity index (χ3n) is 2.08. The highest BCUT2D eigenvalue weighted by atomic mass is 32.2. The lowest BCUT2D eigenvalue weighted by Gasteiger charge is -2.03. The molecule has 0 aliphatic carbocycles. The van der Waals surface area contributed by atoms with E-state index in [1.54, 1.807) is 11.8 Å². The predicted octanol–water partition coefficient (Wildman–Crippen LogP) is 3.73. The summed E-state index contributed by atoms with van der Waals surface area (Å²) in [7, 11) is 0. The van der Waals surface area contributed by atoms with Gasteiger partial charge in [-0.3, -0.25) is 0 Å². The molecule has 15 heavy (non-hydrogen) atoms. The van der Waals surface area contributed by atoms with Crippen LogP contribution in [0.3, 0.4) is 0 Å². The molecule has 0 aliphatic heterocycles. The lowest BCUT2D eigenvalue weighted by atomic mass is 10.2. The first kappa shape index (κ1) is 10.1. The van der Waals surface area contributed by atoms with Gasteiger partial charge in [-0.1, -0.05) is 35.5 Å². The first-order valence-corrected chi connectivity index (χ1v) is 5.66. The summed E-state index contributed by atoms with van der Waals surface area (Å²) in [6.45, 7) is 2.10. The Morgan fingerprint density at radius 1 is 0.933 bits per heavy atom. The first-order chi connectivity index (χ1) is 7.24. The van der Waals surface area contributed by atoms with Crippen LogP contribution in [0.2, 0.25) is 0 Å². The first-order valence-electron chi connectivity index (χ1n) is 4.84. The van der Waals surface area contributed by atoms with Crippen LogP contribution in [0.1, 0.15) is 5.56 Å². The summed E-state index contributed by atoms with van der Waals surface area (Å²) in [5.74, 6) is 0. The molecule has 0 amide bonds. The third kappa shape index (κ3) is 2.77. The monoisotopic (exact) mass is 215 g/mol. The average molecular weight is 215 g/mol. The molecule has 0 radical (unpaired) electrons. The van der Waals surface area contributed by atoms with E-state index >= 15 is 0 Å². The van der Waals surface area contributed by atoms with E-state index in [1.165, 1.54) is 15.4 Å². The molecule has 2 aromatic rings. The van der Waals surface area contributed by atoms with E-state index < -0.39 is 0 Å². The van der Waals surface area contributed by atoms with Crippen molar-refractivity contribution in [3.05, 3.63) is 54.1 Å². The van der Waals surface area contributed by atoms with Gasteiger partial charge in [-0.15, -0.1) is 0 Å². The molecule has 0 heterocycles.